The highest BCUT2D eigenvalue weighted by Gasteiger charge is 2.21. The van der Waals surface area contributed by atoms with Crippen molar-refractivity contribution < 1.29 is 4.79 Å². The smallest absolute Gasteiger partial charge is 0.267 e. The Morgan fingerprint density at radius 3 is 2.79 bits per heavy atom. The first-order valence-corrected chi connectivity index (χ1v) is 5.35. The van der Waals surface area contributed by atoms with E-state index in [2.05, 4.69) is 14.9 Å². The summed E-state index contributed by atoms with van der Waals surface area (Å²) in [6, 6.07) is 0. The van der Waals surface area contributed by atoms with E-state index >= 15 is 0 Å². The first-order chi connectivity index (χ1) is 6.79. The first-order valence-electron chi connectivity index (χ1n) is 4.58. The van der Waals surface area contributed by atoms with E-state index in [1.807, 2.05) is 11.8 Å². The quantitative estimate of drug-likeness (QED) is 0.706. The molecule has 76 valence electrons. The van der Waals surface area contributed by atoms with Crippen LogP contribution in [0.2, 0.25) is 0 Å². The number of nitrogens with one attached hydrogen (secondary N) is 1. The number of aromatic nitrogens is 2. The van der Waals surface area contributed by atoms with Gasteiger partial charge in [-0.15, -0.1) is 5.10 Å². The van der Waals surface area contributed by atoms with Gasteiger partial charge in [0.2, 0.25) is 0 Å². The lowest BCUT2D eigenvalue weighted by Crippen LogP contribution is -2.46. The molecule has 1 aliphatic heterocycles. The minimum absolute atomic E-state index is 0.0685. The molecular weight excluding hydrogens is 200 g/mol. The van der Waals surface area contributed by atoms with Crippen LogP contribution in [0.5, 0.6) is 0 Å². The summed E-state index contributed by atoms with van der Waals surface area (Å²) >= 11 is 1.18. The summed E-state index contributed by atoms with van der Waals surface area (Å²) in [4.78, 5) is 14.4. The van der Waals surface area contributed by atoms with E-state index in [9.17, 15) is 4.79 Å². The number of carbonyl (C=O) groups excluding carboxylic acids is 1. The third kappa shape index (κ3) is 1.76. The predicted octanol–water partition coefficient (Wildman–Crippen LogP) is -0.108. The molecular formula is C8H12N4OS. The van der Waals surface area contributed by atoms with Crippen LogP contribution >= 0.6 is 11.5 Å². The number of rotatable bonds is 1. The maximum Gasteiger partial charge on any atom is 0.267 e. The summed E-state index contributed by atoms with van der Waals surface area (Å²) < 4.78 is 3.77. The van der Waals surface area contributed by atoms with Gasteiger partial charge >= 0.3 is 0 Å². The van der Waals surface area contributed by atoms with Gasteiger partial charge in [-0.3, -0.25) is 4.79 Å². The average molecular weight is 212 g/mol. The third-order valence-electron chi connectivity index (χ3n) is 2.25. The number of piperazine rings is 1. The van der Waals surface area contributed by atoms with Gasteiger partial charge in [0.05, 0.1) is 5.69 Å². The molecule has 0 aromatic carbocycles. The molecule has 0 atom stereocenters. The summed E-state index contributed by atoms with van der Waals surface area (Å²) in [5, 5.41) is 7.05. The minimum atomic E-state index is 0.0685. The summed E-state index contributed by atoms with van der Waals surface area (Å²) in [5.74, 6) is 0.0685. The Hall–Kier alpha value is -1.01. The number of hydrogen-bond acceptors (Lipinski definition) is 5. The molecule has 6 heteroatoms. The largest absolute Gasteiger partial charge is 0.335 e. The van der Waals surface area contributed by atoms with Crippen molar-refractivity contribution in [2.24, 2.45) is 0 Å². The highest BCUT2D eigenvalue weighted by atomic mass is 32.1. The maximum absolute atomic E-state index is 11.9. The highest BCUT2D eigenvalue weighted by Crippen LogP contribution is 2.12. The molecule has 1 fully saturated rings. The fourth-order valence-electron chi connectivity index (χ4n) is 1.44. The number of nitrogens with zero attached hydrogens (tertiary/aromatic N) is 3. The van der Waals surface area contributed by atoms with E-state index in [1.165, 1.54) is 11.5 Å². The lowest BCUT2D eigenvalue weighted by Gasteiger charge is -2.26. The normalized spacial score (nSPS) is 17.1. The molecule has 0 radical (unpaired) electrons. The van der Waals surface area contributed by atoms with Crippen LogP contribution in [0.3, 0.4) is 0 Å². The van der Waals surface area contributed by atoms with Crippen LogP contribution in [0, 0.1) is 6.92 Å². The van der Waals surface area contributed by atoms with Crippen molar-refractivity contribution in [3.05, 3.63) is 10.6 Å². The second-order valence-corrected chi connectivity index (χ2v) is 3.98. The van der Waals surface area contributed by atoms with Crippen LogP contribution in [0.4, 0.5) is 0 Å². The van der Waals surface area contributed by atoms with E-state index in [1.54, 1.807) is 0 Å². The van der Waals surface area contributed by atoms with Gasteiger partial charge in [0, 0.05) is 26.2 Å². The molecule has 1 saturated heterocycles. The fourth-order valence-corrected chi connectivity index (χ4v) is 2.06. The number of carbonyl (C=O) groups is 1. The predicted molar refractivity (Wildman–Crippen MR) is 53.4 cm³/mol. The summed E-state index contributed by atoms with van der Waals surface area (Å²) in [5.41, 5.74) is 0.735. The lowest BCUT2D eigenvalue weighted by atomic mass is 10.3. The Kier molecular flexibility index (Phi) is 2.74. The summed E-state index contributed by atoms with van der Waals surface area (Å²) in [7, 11) is 0. The van der Waals surface area contributed by atoms with Crippen molar-refractivity contribution in [3.8, 4) is 0 Å². The third-order valence-corrected chi connectivity index (χ3v) is 3.07. The van der Waals surface area contributed by atoms with Crippen molar-refractivity contribution in [2.45, 2.75) is 6.92 Å². The molecule has 2 rings (SSSR count). The number of amides is 1. The van der Waals surface area contributed by atoms with Gasteiger partial charge in [0.15, 0.2) is 0 Å². The number of aryl methyl sites for hydroxylation is 1. The molecule has 0 saturated carbocycles. The van der Waals surface area contributed by atoms with Crippen LogP contribution in [0.15, 0.2) is 0 Å². The molecule has 0 bridgehead atoms. The monoisotopic (exact) mass is 212 g/mol. The molecule has 1 amide bonds. The van der Waals surface area contributed by atoms with E-state index in [0.29, 0.717) is 4.88 Å². The maximum atomic E-state index is 11.9. The summed E-state index contributed by atoms with van der Waals surface area (Å²) in [6.45, 7) is 5.11. The molecule has 0 spiro atoms. The van der Waals surface area contributed by atoms with Crippen molar-refractivity contribution in [2.75, 3.05) is 26.2 Å². The van der Waals surface area contributed by atoms with Gasteiger partial charge in [0.25, 0.3) is 5.91 Å². The molecule has 1 aliphatic rings. The number of hydrogen-bond donors (Lipinski definition) is 1. The van der Waals surface area contributed by atoms with Crippen molar-refractivity contribution in [1.29, 1.82) is 0 Å². The molecule has 1 N–H and O–H groups in total. The lowest BCUT2D eigenvalue weighted by molar-refractivity contribution is 0.0740. The average Bonchev–Trinajstić information content (AvgIpc) is 2.65. The SMILES string of the molecule is Cc1nnsc1C(=O)N1CCNCC1. The molecule has 14 heavy (non-hydrogen) atoms. The van der Waals surface area contributed by atoms with Crippen molar-refractivity contribution >= 4 is 17.4 Å². The second kappa shape index (κ2) is 4.02. The van der Waals surface area contributed by atoms with Gasteiger partial charge in [-0.25, -0.2) is 0 Å². The molecule has 5 nitrogen and oxygen atoms in total. The van der Waals surface area contributed by atoms with Crippen LogP contribution in [-0.4, -0.2) is 46.6 Å². The Morgan fingerprint density at radius 1 is 1.50 bits per heavy atom. The van der Waals surface area contributed by atoms with E-state index in [-0.39, 0.29) is 5.91 Å². The van der Waals surface area contributed by atoms with Crippen LogP contribution < -0.4 is 5.32 Å². The van der Waals surface area contributed by atoms with Crippen LogP contribution in [0.25, 0.3) is 0 Å². The zero-order chi connectivity index (χ0) is 9.97. The fraction of sp³-hybridized carbons (Fsp3) is 0.625. The molecule has 0 unspecified atom stereocenters. The molecule has 1 aromatic rings. The topological polar surface area (TPSA) is 58.1 Å². The highest BCUT2D eigenvalue weighted by molar-refractivity contribution is 7.07. The van der Waals surface area contributed by atoms with Gasteiger partial charge in [-0.2, -0.15) is 0 Å². The molecule has 1 aromatic heterocycles. The van der Waals surface area contributed by atoms with Gasteiger partial charge in [-0.1, -0.05) is 4.49 Å². The molecule has 2 heterocycles. The van der Waals surface area contributed by atoms with E-state index in [0.717, 1.165) is 31.9 Å². The second-order valence-electron chi connectivity index (χ2n) is 3.23. The van der Waals surface area contributed by atoms with Gasteiger partial charge < -0.3 is 10.2 Å². The minimum Gasteiger partial charge on any atom is -0.335 e. The Labute approximate surface area is 86.3 Å². The van der Waals surface area contributed by atoms with E-state index < -0.39 is 0 Å². The van der Waals surface area contributed by atoms with Crippen molar-refractivity contribution in [1.82, 2.24) is 19.8 Å². The van der Waals surface area contributed by atoms with Crippen molar-refractivity contribution in [3.63, 3.8) is 0 Å². The Morgan fingerprint density at radius 2 is 2.21 bits per heavy atom. The zero-order valence-corrected chi connectivity index (χ0v) is 8.80. The van der Waals surface area contributed by atoms with E-state index in [4.69, 9.17) is 0 Å². The standard InChI is InChI=1S/C8H12N4OS/c1-6-7(14-11-10-6)8(13)12-4-2-9-3-5-12/h9H,2-5H2,1H3. The van der Waals surface area contributed by atoms with Crippen LogP contribution in [0.1, 0.15) is 15.4 Å². The molecule has 0 aliphatic carbocycles. The first kappa shape index (κ1) is 9.54. The Balaban J connectivity index is 2.11. The Bertz CT molecular complexity index is 332. The zero-order valence-electron chi connectivity index (χ0n) is 7.99. The summed E-state index contributed by atoms with van der Waals surface area (Å²) in [6.07, 6.45) is 0. The van der Waals surface area contributed by atoms with Gasteiger partial charge in [0.1, 0.15) is 4.88 Å². The van der Waals surface area contributed by atoms with Gasteiger partial charge in [-0.05, 0) is 18.5 Å². The van der Waals surface area contributed by atoms with Crippen LogP contribution in [-0.2, 0) is 0 Å².